The maximum absolute atomic E-state index is 11.4. The third kappa shape index (κ3) is 3.51. The molecule has 0 saturated carbocycles. The molecule has 0 atom stereocenters. The Morgan fingerprint density at radius 1 is 1.50 bits per heavy atom. The molecule has 5 nitrogen and oxygen atoms in total. The van der Waals surface area contributed by atoms with Gasteiger partial charge in [0.1, 0.15) is 0 Å². The lowest BCUT2D eigenvalue weighted by molar-refractivity contribution is 0.0882. The predicted molar refractivity (Wildman–Crippen MR) is 74.0 cm³/mol. The molecule has 0 unspecified atom stereocenters. The molecule has 1 amide bonds. The number of likely N-dealkylation sites (N-methyl/N-ethyl adjacent to an activating group) is 1. The van der Waals surface area contributed by atoms with E-state index < -0.39 is 11.5 Å². The molecule has 1 rings (SSSR count). The van der Waals surface area contributed by atoms with Crippen molar-refractivity contribution in [1.82, 2.24) is 0 Å². The van der Waals surface area contributed by atoms with E-state index in [0.29, 0.717) is 22.9 Å². The highest BCUT2D eigenvalue weighted by atomic mass is 35.5. The highest BCUT2D eigenvalue weighted by Gasteiger charge is 2.22. The van der Waals surface area contributed by atoms with E-state index in [1.54, 1.807) is 31.9 Å². The van der Waals surface area contributed by atoms with E-state index in [4.69, 9.17) is 23.1 Å². The molecule has 1 aromatic carbocycles. The molecule has 0 heterocycles. The summed E-state index contributed by atoms with van der Waals surface area (Å²) in [6.45, 7) is 3.63. The highest BCUT2D eigenvalue weighted by molar-refractivity contribution is 6.34. The average molecular weight is 272 g/mol. The topological polar surface area (TPSA) is 92.6 Å². The Morgan fingerprint density at radius 3 is 2.50 bits per heavy atom. The van der Waals surface area contributed by atoms with Crippen LogP contribution in [0.25, 0.3) is 0 Å². The van der Waals surface area contributed by atoms with Gasteiger partial charge in [0.25, 0.3) is 5.91 Å². The van der Waals surface area contributed by atoms with E-state index in [1.807, 2.05) is 0 Å². The fourth-order valence-corrected chi connectivity index (χ4v) is 2.23. The van der Waals surface area contributed by atoms with Crippen LogP contribution in [0.3, 0.4) is 0 Å². The predicted octanol–water partition coefficient (Wildman–Crippen LogP) is 1.23. The van der Waals surface area contributed by atoms with Crippen LogP contribution in [-0.4, -0.2) is 30.2 Å². The number of primary amides is 1. The second-order valence-corrected chi connectivity index (χ2v) is 5.34. The van der Waals surface area contributed by atoms with Gasteiger partial charge in [-0.25, -0.2) is 0 Å². The quantitative estimate of drug-likeness (QED) is 0.718. The summed E-state index contributed by atoms with van der Waals surface area (Å²) in [6.07, 6.45) is 0. The van der Waals surface area contributed by atoms with Crippen LogP contribution in [-0.2, 0) is 0 Å². The lowest BCUT2D eigenvalue weighted by Crippen LogP contribution is -2.37. The molecule has 0 aliphatic heterocycles. The number of amides is 1. The Kier molecular flexibility index (Phi) is 4.09. The van der Waals surface area contributed by atoms with Gasteiger partial charge in [0.15, 0.2) is 0 Å². The summed E-state index contributed by atoms with van der Waals surface area (Å²) in [5.41, 5.74) is 11.1. The minimum Gasteiger partial charge on any atom is -0.399 e. The molecule has 0 saturated heterocycles. The number of nitrogens with two attached hydrogens (primary N) is 2. The van der Waals surface area contributed by atoms with Crippen molar-refractivity contribution < 1.29 is 9.90 Å². The molecule has 0 aliphatic carbocycles. The van der Waals surface area contributed by atoms with Crippen LogP contribution in [0.15, 0.2) is 12.1 Å². The van der Waals surface area contributed by atoms with Crippen molar-refractivity contribution in [2.24, 2.45) is 5.73 Å². The Bertz CT molecular complexity index is 469. The third-order valence-corrected chi connectivity index (χ3v) is 2.65. The molecular formula is C12H18ClN3O2. The molecule has 1 aromatic rings. The maximum atomic E-state index is 11.4. The van der Waals surface area contributed by atoms with Crippen LogP contribution in [0.5, 0.6) is 0 Å². The molecule has 100 valence electrons. The van der Waals surface area contributed by atoms with Crippen LogP contribution in [0.1, 0.15) is 24.2 Å². The zero-order valence-electron chi connectivity index (χ0n) is 10.7. The van der Waals surface area contributed by atoms with Crippen molar-refractivity contribution in [3.63, 3.8) is 0 Å². The van der Waals surface area contributed by atoms with E-state index in [-0.39, 0.29) is 5.56 Å². The van der Waals surface area contributed by atoms with Gasteiger partial charge in [-0.15, -0.1) is 0 Å². The maximum Gasteiger partial charge on any atom is 0.250 e. The van der Waals surface area contributed by atoms with Crippen molar-refractivity contribution in [3.05, 3.63) is 22.7 Å². The number of carbonyl (C=O) groups excluding carboxylic acids is 1. The SMILES string of the molecule is CN(CC(C)(C)O)c1c(Cl)cc(N)cc1C(N)=O. The van der Waals surface area contributed by atoms with Crippen LogP contribution >= 0.6 is 11.6 Å². The summed E-state index contributed by atoms with van der Waals surface area (Å²) >= 11 is 6.09. The van der Waals surface area contributed by atoms with Crippen LogP contribution in [0.2, 0.25) is 5.02 Å². The van der Waals surface area contributed by atoms with Crippen molar-refractivity contribution in [1.29, 1.82) is 0 Å². The number of anilines is 2. The molecule has 0 radical (unpaired) electrons. The Labute approximate surface area is 111 Å². The standard InChI is InChI=1S/C12H18ClN3O2/c1-12(2,18)6-16(3)10-8(11(15)17)4-7(14)5-9(10)13/h4-5,18H,6,14H2,1-3H3,(H2,15,17). The van der Waals surface area contributed by atoms with E-state index >= 15 is 0 Å². The highest BCUT2D eigenvalue weighted by Crippen LogP contribution is 2.32. The molecule has 0 bridgehead atoms. The van der Waals surface area contributed by atoms with Crippen molar-refractivity contribution in [2.45, 2.75) is 19.4 Å². The van der Waals surface area contributed by atoms with Crippen LogP contribution in [0, 0.1) is 0 Å². The number of nitrogens with zero attached hydrogens (tertiary/aromatic N) is 1. The molecule has 18 heavy (non-hydrogen) atoms. The number of aliphatic hydroxyl groups is 1. The zero-order chi connectivity index (χ0) is 14.1. The van der Waals surface area contributed by atoms with Gasteiger partial charge in [0.05, 0.1) is 21.9 Å². The summed E-state index contributed by atoms with van der Waals surface area (Å²) in [7, 11) is 1.72. The van der Waals surface area contributed by atoms with Gasteiger partial charge in [-0.05, 0) is 26.0 Å². The zero-order valence-corrected chi connectivity index (χ0v) is 11.5. The van der Waals surface area contributed by atoms with Crippen LogP contribution in [0.4, 0.5) is 11.4 Å². The van der Waals surface area contributed by atoms with Gasteiger partial charge >= 0.3 is 0 Å². The largest absolute Gasteiger partial charge is 0.399 e. The van der Waals surface area contributed by atoms with Gasteiger partial charge in [-0.2, -0.15) is 0 Å². The lowest BCUT2D eigenvalue weighted by Gasteiger charge is -2.29. The normalized spacial score (nSPS) is 11.4. The summed E-state index contributed by atoms with van der Waals surface area (Å²) < 4.78 is 0. The summed E-state index contributed by atoms with van der Waals surface area (Å²) in [6, 6.07) is 3.02. The Balaban J connectivity index is 3.26. The number of hydrogen-bond donors (Lipinski definition) is 3. The first kappa shape index (κ1) is 14.6. The van der Waals surface area contributed by atoms with E-state index in [9.17, 15) is 9.90 Å². The van der Waals surface area contributed by atoms with Crippen molar-refractivity contribution in [3.8, 4) is 0 Å². The number of benzene rings is 1. The summed E-state index contributed by atoms with van der Waals surface area (Å²) in [5.74, 6) is -0.609. The first-order valence-electron chi connectivity index (χ1n) is 5.44. The van der Waals surface area contributed by atoms with E-state index in [1.165, 1.54) is 6.07 Å². The summed E-state index contributed by atoms with van der Waals surface area (Å²) in [4.78, 5) is 13.1. The third-order valence-electron chi connectivity index (χ3n) is 2.36. The molecule has 0 aliphatic rings. The second-order valence-electron chi connectivity index (χ2n) is 4.93. The molecular weight excluding hydrogens is 254 g/mol. The van der Waals surface area contributed by atoms with Gasteiger partial charge in [-0.1, -0.05) is 11.6 Å². The number of nitrogen functional groups attached to an aromatic ring is 1. The van der Waals surface area contributed by atoms with Gasteiger partial charge in [0.2, 0.25) is 0 Å². The smallest absolute Gasteiger partial charge is 0.250 e. The van der Waals surface area contributed by atoms with E-state index in [2.05, 4.69) is 0 Å². The van der Waals surface area contributed by atoms with Gasteiger partial charge in [0, 0.05) is 19.3 Å². The first-order valence-corrected chi connectivity index (χ1v) is 5.82. The van der Waals surface area contributed by atoms with Gasteiger partial charge in [-0.3, -0.25) is 4.79 Å². The molecule has 0 aromatic heterocycles. The van der Waals surface area contributed by atoms with Gasteiger partial charge < -0.3 is 21.5 Å². The van der Waals surface area contributed by atoms with Crippen molar-refractivity contribution >= 4 is 28.9 Å². The lowest BCUT2D eigenvalue weighted by atomic mass is 10.1. The molecule has 6 heteroatoms. The van der Waals surface area contributed by atoms with Crippen molar-refractivity contribution in [2.75, 3.05) is 24.2 Å². The number of halogens is 1. The summed E-state index contributed by atoms with van der Waals surface area (Å²) in [5, 5.41) is 10.1. The fraction of sp³-hybridized carbons (Fsp3) is 0.417. The average Bonchev–Trinajstić information content (AvgIpc) is 2.12. The number of carbonyl (C=O) groups is 1. The number of hydrogen-bond acceptors (Lipinski definition) is 4. The van der Waals surface area contributed by atoms with E-state index in [0.717, 1.165) is 0 Å². The number of rotatable bonds is 4. The van der Waals surface area contributed by atoms with Crippen LogP contribution < -0.4 is 16.4 Å². The minimum atomic E-state index is -0.922. The second kappa shape index (κ2) is 5.04. The molecule has 5 N–H and O–H groups in total. The fourth-order valence-electron chi connectivity index (χ4n) is 1.86. The Morgan fingerprint density at radius 2 is 2.06 bits per heavy atom. The minimum absolute atomic E-state index is 0.242. The molecule has 0 fully saturated rings. The molecule has 0 spiro atoms. The first-order chi connectivity index (χ1) is 8.11. The monoisotopic (exact) mass is 271 g/mol. The Hall–Kier alpha value is -1.46.